The Morgan fingerprint density at radius 1 is 1.37 bits per heavy atom. The maximum absolute atomic E-state index is 9.96. The van der Waals surface area contributed by atoms with E-state index in [0.29, 0.717) is 47.4 Å². The number of rotatable bonds is 4. The molecule has 35 heavy (non-hydrogen) atoms. The van der Waals surface area contributed by atoms with E-state index in [1.54, 1.807) is 12.3 Å². The molecule has 1 aliphatic rings. The van der Waals surface area contributed by atoms with Crippen molar-refractivity contribution in [3.63, 3.8) is 0 Å². The monoisotopic (exact) mass is 488 g/mol. The van der Waals surface area contributed by atoms with E-state index < -0.39 is 0 Å². The Morgan fingerprint density at radius 2 is 2.20 bits per heavy atom. The van der Waals surface area contributed by atoms with Crippen molar-refractivity contribution in [3.8, 4) is 11.8 Å². The number of nitrogen functional groups attached to an aromatic ring is 1. The number of anilines is 1. The normalized spacial score (nSPS) is 16.8. The van der Waals surface area contributed by atoms with E-state index in [1.165, 1.54) is 6.33 Å². The molecule has 0 saturated carbocycles. The smallest absolute Gasteiger partial charge is 0.164 e. The summed E-state index contributed by atoms with van der Waals surface area (Å²) in [5.74, 6) is 1.06. The number of nitrogens with zero attached hydrogens (tertiary/aromatic N) is 7. The highest BCUT2D eigenvalue weighted by Gasteiger charge is 2.30. The lowest BCUT2D eigenvalue weighted by Gasteiger charge is -2.22. The van der Waals surface area contributed by atoms with Crippen molar-refractivity contribution in [1.29, 1.82) is 5.26 Å². The van der Waals surface area contributed by atoms with Crippen molar-refractivity contribution >= 4 is 28.5 Å². The second kappa shape index (κ2) is 9.13. The van der Waals surface area contributed by atoms with Crippen LogP contribution in [0.25, 0.3) is 11.0 Å². The van der Waals surface area contributed by atoms with Gasteiger partial charge in [0.25, 0.3) is 0 Å². The van der Waals surface area contributed by atoms with Gasteiger partial charge in [-0.25, -0.2) is 14.6 Å². The van der Waals surface area contributed by atoms with E-state index >= 15 is 0 Å². The lowest BCUT2D eigenvalue weighted by atomic mass is 9.98. The zero-order valence-corrected chi connectivity index (χ0v) is 20.5. The summed E-state index contributed by atoms with van der Waals surface area (Å²) < 4.78 is 8.29. The van der Waals surface area contributed by atoms with Crippen LogP contribution in [0.5, 0.6) is 5.75 Å². The van der Waals surface area contributed by atoms with Crippen LogP contribution in [0.2, 0.25) is 5.02 Å². The van der Waals surface area contributed by atoms with Crippen LogP contribution < -0.4 is 10.5 Å². The number of benzene rings is 1. The summed E-state index contributed by atoms with van der Waals surface area (Å²) >= 11 is 6.66. The first kappa shape index (κ1) is 23.0. The summed E-state index contributed by atoms with van der Waals surface area (Å²) in [6.07, 6.45) is 4.93. The van der Waals surface area contributed by atoms with Crippen LogP contribution in [0.15, 0.2) is 36.9 Å². The second-order valence-corrected chi connectivity index (χ2v) is 9.27. The number of hydrogen-bond acceptors (Lipinski definition) is 8. The lowest BCUT2D eigenvalue weighted by Crippen LogP contribution is -2.30. The van der Waals surface area contributed by atoms with Gasteiger partial charge in [0.15, 0.2) is 5.65 Å². The van der Waals surface area contributed by atoms with Gasteiger partial charge in [-0.05, 0) is 38.5 Å². The Kier molecular flexibility index (Phi) is 6.01. The molecule has 2 unspecified atom stereocenters. The van der Waals surface area contributed by atoms with Crippen molar-refractivity contribution in [3.05, 3.63) is 69.9 Å². The van der Waals surface area contributed by atoms with Gasteiger partial charge in [0, 0.05) is 43.2 Å². The molecule has 9 nitrogen and oxygen atoms in total. The molecule has 0 bridgehead atoms. The number of halogens is 1. The molecule has 2 atom stereocenters. The van der Waals surface area contributed by atoms with Crippen LogP contribution in [0.1, 0.15) is 47.8 Å². The van der Waals surface area contributed by atoms with Crippen LogP contribution in [-0.4, -0.2) is 42.3 Å². The third kappa shape index (κ3) is 4.16. The van der Waals surface area contributed by atoms with Crippen LogP contribution in [0.3, 0.4) is 0 Å². The SMILES string of the molecule is Cc1nn(C(C)c2cc(Cl)c(C#N)c3c2OC(C)CN(Cc2cccnc2)C3)c2ncnc(N)c12. The molecule has 1 aliphatic heterocycles. The van der Waals surface area contributed by atoms with Crippen molar-refractivity contribution in [1.82, 2.24) is 29.6 Å². The summed E-state index contributed by atoms with van der Waals surface area (Å²) in [6, 6.07) is 7.78. The maximum atomic E-state index is 9.96. The Hall–Kier alpha value is -3.74. The molecular weight excluding hydrogens is 464 g/mol. The zero-order chi connectivity index (χ0) is 24.7. The average molecular weight is 489 g/mol. The van der Waals surface area contributed by atoms with Gasteiger partial charge in [0.2, 0.25) is 0 Å². The molecule has 0 spiro atoms. The van der Waals surface area contributed by atoms with E-state index in [0.717, 1.165) is 27.8 Å². The highest BCUT2D eigenvalue weighted by atomic mass is 35.5. The minimum Gasteiger partial charge on any atom is -0.489 e. The first-order valence-electron chi connectivity index (χ1n) is 11.4. The molecule has 1 aromatic carbocycles. The first-order chi connectivity index (χ1) is 16.9. The Bertz CT molecular complexity index is 1450. The molecule has 0 saturated heterocycles. The number of pyridine rings is 1. The standard InChI is InChI=1S/C25H25ClN8O/c1-14-10-33(11-17-5-4-6-29-9-17)12-20-19(8-27)21(26)7-18(23(20)35-14)16(3)34-25-22(15(2)32-34)24(28)30-13-31-25/h4-7,9,13-14,16H,10-12H2,1-3H3,(H2,28,30,31). The fraction of sp³-hybridized carbons (Fsp3) is 0.320. The number of nitrogens with two attached hydrogens (primary N) is 1. The summed E-state index contributed by atoms with van der Waals surface area (Å²) in [6.45, 7) is 7.81. The predicted molar refractivity (Wildman–Crippen MR) is 133 cm³/mol. The summed E-state index contributed by atoms with van der Waals surface area (Å²) in [5, 5.41) is 15.8. The Balaban J connectivity index is 1.62. The van der Waals surface area contributed by atoms with Gasteiger partial charge in [0.1, 0.15) is 30.1 Å². The minimum absolute atomic E-state index is 0.110. The molecule has 10 heteroatoms. The lowest BCUT2D eigenvalue weighted by molar-refractivity contribution is 0.155. The predicted octanol–water partition coefficient (Wildman–Crippen LogP) is 4.03. The quantitative estimate of drug-likeness (QED) is 0.457. The van der Waals surface area contributed by atoms with Gasteiger partial charge in [-0.15, -0.1) is 0 Å². The molecule has 0 fully saturated rings. The molecule has 5 rings (SSSR count). The topological polar surface area (TPSA) is 119 Å². The van der Waals surface area contributed by atoms with Crippen LogP contribution in [0.4, 0.5) is 5.82 Å². The molecule has 4 aromatic rings. The second-order valence-electron chi connectivity index (χ2n) is 8.86. The van der Waals surface area contributed by atoms with E-state index in [9.17, 15) is 5.26 Å². The number of aryl methyl sites for hydroxylation is 1. The molecule has 4 heterocycles. The van der Waals surface area contributed by atoms with Gasteiger partial charge in [0.05, 0.1) is 27.7 Å². The summed E-state index contributed by atoms with van der Waals surface area (Å²) in [4.78, 5) is 15.0. The number of ether oxygens (including phenoxy) is 1. The minimum atomic E-state index is -0.281. The number of hydrogen-bond donors (Lipinski definition) is 1. The van der Waals surface area contributed by atoms with Crippen LogP contribution >= 0.6 is 11.6 Å². The van der Waals surface area contributed by atoms with E-state index in [2.05, 4.69) is 25.9 Å². The highest BCUT2D eigenvalue weighted by molar-refractivity contribution is 6.32. The Labute approximate surface area is 208 Å². The Morgan fingerprint density at radius 3 is 2.94 bits per heavy atom. The highest BCUT2D eigenvalue weighted by Crippen LogP contribution is 2.41. The van der Waals surface area contributed by atoms with Crippen molar-refractivity contribution < 1.29 is 4.74 Å². The fourth-order valence-electron chi connectivity index (χ4n) is 4.76. The zero-order valence-electron chi connectivity index (χ0n) is 19.7. The van der Waals surface area contributed by atoms with Crippen molar-refractivity contribution in [2.45, 2.75) is 46.0 Å². The molecule has 2 N–H and O–H groups in total. The van der Waals surface area contributed by atoms with E-state index in [1.807, 2.05) is 43.8 Å². The number of nitriles is 1. The van der Waals surface area contributed by atoms with Gasteiger partial charge < -0.3 is 10.5 Å². The van der Waals surface area contributed by atoms with E-state index in [4.69, 9.17) is 27.2 Å². The van der Waals surface area contributed by atoms with Crippen LogP contribution in [0, 0.1) is 18.3 Å². The summed E-state index contributed by atoms with van der Waals surface area (Å²) in [5.41, 5.74) is 10.6. The van der Waals surface area contributed by atoms with Crippen LogP contribution in [-0.2, 0) is 13.1 Å². The average Bonchev–Trinajstić information content (AvgIpc) is 3.09. The van der Waals surface area contributed by atoms with E-state index in [-0.39, 0.29) is 12.1 Å². The summed E-state index contributed by atoms with van der Waals surface area (Å²) in [7, 11) is 0. The fourth-order valence-corrected chi connectivity index (χ4v) is 5.03. The van der Waals surface area contributed by atoms with Crippen molar-refractivity contribution in [2.24, 2.45) is 0 Å². The molecule has 0 aliphatic carbocycles. The maximum Gasteiger partial charge on any atom is 0.164 e. The first-order valence-corrected chi connectivity index (χ1v) is 11.7. The van der Waals surface area contributed by atoms with Gasteiger partial charge >= 0.3 is 0 Å². The van der Waals surface area contributed by atoms with Gasteiger partial charge in [-0.1, -0.05) is 17.7 Å². The van der Waals surface area contributed by atoms with Gasteiger partial charge in [-0.2, -0.15) is 10.4 Å². The number of fused-ring (bicyclic) bond motifs is 2. The molecular formula is C25H25ClN8O. The molecule has 3 aromatic heterocycles. The van der Waals surface area contributed by atoms with Crippen molar-refractivity contribution in [2.75, 3.05) is 12.3 Å². The molecule has 0 amide bonds. The molecule has 0 radical (unpaired) electrons. The molecule has 178 valence electrons. The third-order valence-corrected chi connectivity index (χ3v) is 6.62. The van der Waals surface area contributed by atoms with Gasteiger partial charge in [-0.3, -0.25) is 9.88 Å². The largest absolute Gasteiger partial charge is 0.489 e. The number of aromatic nitrogens is 5. The third-order valence-electron chi connectivity index (χ3n) is 6.33.